The summed E-state index contributed by atoms with van der Waals surface area (Å²) in [4.78, 5) is 4.72. The van der Waals surface area contributed by atoms with E-state index in [0.29, 0.717) is 6.54 Å². The molecule has 2 aliphatic rings. The summed E-state index contributed by atoms with van der Waals surface area (Å²) in [6, 6.07) is 62.8. The fraction of sp³-hybridized carbons (Fsp3) is 0.169. The lowest BCUT2D eigenvalue weighted by Crippen LogP contribution is -2.21. The van der Waals surface area contributed by atoms with Crippen LogP contribution in [0.4, 0.5) is 28.4 Å². The summed E-state index contributed by atoms with van der Waals surface area (Å²) in [5, 5.41) is 2.44. The number of fused-ring (bicyclic) bond motifs is 5. The van der Waals surface area contributed by atoms with Gasteiger partial charge in [0.05, 0.1) is 28.4 Å². The monoisotopic (exact) mass is 891 g/mol. The molecule has 0 amide bonds. The Morgan fingerprint density at radius 3 is 1.60 bits per heavy atom. The predicted octanol–water partition coefficient (Wildman–Crippen LogP) is 19.5. The number of nitrogens with zero attached hydrogens (tertiary/aromatic N) is 2. The van der Waals surface area contributed by atoms with Gasteiger partial charge in [0, 0.05) is 11.9 Å². The molecular weight excluding hydrogens is 825 g/mol. The van der Waals surface area contributed by atoms with Crippen LogP contribution in [-0.4, -0.2) is 6.54 Å². The van der Waals surface area contributed by atoms with Gasteiger partial charge in [0.1, 0.15) is 0 Å². The average molecular weight is 891 g/mol. The second-order valence-corrected chi connectivity index (χ2v) is 17.1. The van der Waals surface area contributed by atoms with E-state index >= 15 is 0 Å². The van der Waals surface area contributed by atoms with Gasteiger partial charge in [0.2, 0.25) is 0 Å². The largest absolute Gasteiger partial charge is 0.453 e. The van der Waals surface area contributed by atoms with E-state index in [2.05, 4.69) is 225 Å². The molecule has 8 aromatic carbocycles. The van der Waals surface area contributed by atoms with Crippen LogP contribution in [0.2, 0.25) is 0 Å². The fourth-order valence-corrected chi connectivity index (χ4v) is 8.86. The third-order valence-electron chi connectivity index (χ3n) is 12.0. The number of anilines is 5. The number of ether oxygens (including phenoxy) is 1. The Hall–Kier alpha value is -7.62. The Bertz CT molecular complexity index is 2990. The van der Waals surface area contributed by atoms with Crippen LogP contribution in [0.25, 0.3) is 51.8 Å². The molecule has 68 heavy (non-hydrogen) atoms. The Morgan fingerprint density at radius 1 is 0.515 bits per heavy atom. The van der Waals surface area contributed by atoms with Crippen molar-refractivity contribution in [2.24, 2.45) is 0 Å². The van der Waals surface area contributed by atoms with E-state index in [1.807, 2.05) is 65.8 Å². The Labute approximate surface area is 406 Å². The summed E-state index contributed by atoms with van der Waals surface area (Å²) in [7, 11) is 0. The van der Waals surface area contributed by atoms with E-state index in [4.69, 9.17) is 4.74 Å². The molecule has 0 atom stereocenters. The maximum atomic E-state index is 6.20. The minimum atomic E-state index is -0.0745. The van der Waals surface area contributed by atoms with Crippen molar-refractivity contribution >= 4 is 69.1 Å². The SMILES string of the molecule is C=C(/C=C\CN1c2ccccc2Oc2ccccc21)c1ccc(/C=C/c2ccc(-c3ccc(N4c5ccccc5C=Cc5ccccc54)c4ccccc34)cc2)cc1C(C)(C)C.CC.CC.CC. The molecule has 0 spiro atoms. The number of allylic oxidation sites excluding steroid dienone is 2. The topological polar surface area (TPSA) is 15.7 Å². The van der Waals surface area contributed by atoms with Crippen molar-refractivity contribution < 1.29 is 4.74 Å². The zero-order valence-electron chi connectivity index (χ0n) is 41.4. The van der Waals surface area contributed by atoms with Crippen molar-refractivity contribution in [2.75, 3.05) is 16.3 Å². The molecule has 0 N–H and O–H groups in total. The van der Waals surface area contributed by atoms with Crippen LogP contribution < -0.4 is 14.5 Å². The van der Waals surface area contributed by atoms with Crippen LogP contribution >= 0.6 is 0 Å². The molecule has 0 bridgehead atoms. The first-order valence-electron chi connectivity index (χ1n) is 24.4. The molecule has 342 valence electrons. The number of hydrogen-bond donors (Lipinski definition) is 0. The lowest BCUT2D eigenvalue weighted by Gasteiger charge is -2.32. The van der Waals surface area contributed by atoms with Gasteiger partial charge in [-0.3, -0.25) is 0 Å². The number of para-hydroxylation sites is 6. The molecule has 0 aliphatic carbocycles. The van der Waals surface area contributed by atoms with Crippen molar-refractivity contribution in [1.29, 1.82) is 0 Å². The maximum absolute atomic E-state index is 6.20. The van der Waals surface area contributed by atoms with Gasteiger partial charge in [-0.05, 0) is 103 Å². The summed E-state index contributed by atoms with van der Waals surface area (Å²) >= 11 is 0. The zero-order valence-corrected chi connectivity index (χ0v) is 41.4. The highest BCUT2D eigenvalue weighted by Crippen LogP contribution is 2.47. The van der Waals surface area contributed by atoms with E-state index in [9.17, 15) is 0 Å². The molecule has 0 radical (unpaired) electrons. The number of hydrogen-bond acceptors (Lipinski definition) is 3. The molecule has 0 fully saturated rings. The summed E-state index contributed by atoms with van der Waals surface area (Å²) in [5.74, 6) is 1.74. The van der Waals surface area contributed by atoms with Crippen LogP contribution in [-0.2, 0) is 5.41 Å². The van der Waals surface area contributed by atoms with Crippen LogP contribution in [0.3, 0.4) is 0 Å². The molecule has 0 saturated heterocycles. The van der Waals surface area contributed by atoms with Gasteiger partial charge >= 0.3 is 0 Å². The van der Waals surface area contributed by atoms with Gasteiger partial charge in [-0.25, -0.2) is 0 Å². The maximum Gasteiger partial charge on any atom is 0.151 e. The van der Waals surface area contributed by atoms with Crippen molar-refractivity contribution in [2.45, 2.75) is 67.7 Å². The van der Waals surface area contributed by atoms with Crippen LogP contribution in [0.15, 0.2) is 195 Å². The number of benzene rings is 8. The molecule has 2 heterocycles. The Kier molecular flexibility index (Phi) is 15.8. The molecule has 2 aliphatic heterocycles. The quantitative estimate of drug-likeness (QED) is 0.112. The third-order valence-corrected chi connectivity index (χ3v) is 12.0. The van der Waals surface area contributed by atoms with E-state index in [1.165, 1.54) is 50.0 Å². The first-order chi connectivity index (χ1) is 33.3. The molecule has 0 aromatic heterocycles. The zero-order chi connectivity index (χ0) is 48.2. The predicted molar refractivity (Wildman–Crippen MR) is 299 cm³/mol. The average Bonchev–Trinajstić information content (AvgIpc) is 3.56. The highest BCUT2D eigenvalue weighted by molar-refractivity contribution is 6.08. The highest BCUT2D eigenvalue weighted by atomic mass is 16.5. The van der Waals surface area contributed by atoms with E-state index in [0.717, 1.165) is 50.8 Å². The highest BCUT2D eigenvalue weighted by Gasteiger charge is 2.24. The minimum absolute atomic E-state index is 0.0745. The smallest absolute Gasteiger partial charge is 0.151 e. The fourth-order valence-electron chi connectivity index (χ4n) is 8.86. The lowest BCUT2D eigenvalue weighted by atomic mass is 9.81. The molecule has 3 nitrogen and oxygen atoms in total. The summed E-state index contributed by atoms with van der Waals surface area (Å²) in [6.45, 7) is 24.1. The Morgan fingerprint density at radius 2 is 1.01 bits per heavy atom. The molecule has 0 unspecified atom stereocenters. The molecule has 3 heteroatoms. The van der Waals surface area contributed by atoms with Crippen molar-refractivity contribution in [3.05, 3.63) is 228 Å². The summed E-state index contributed by atoms with van der Waals surface area (Å²) < 4.78 is 6.20. The number of rotatable bonds is 8. The second-order valence-electron chi connectivity index (χ2n) is 17.1. The summed E-state index contributed by atoms with van der Waals surface area (Å²) in [5.41, 5.74) is 16.1. The van der Waals surface area contributed by atoms with Gasteiger partial charge in [-0.15, -0.1) is 0 Å². The molecule has 0 saturated carbocycles. The van der Waals surface area contributed by atoms with Crippen molar-refractivity contribution in [1.82, 2.24) is 0 Å². The molecule has 8 aromatic rings. The van der Waals surface area contributed by atoms with Crippen LogP contribution in [0.5, 0.6) is 11.5 Å². The Balaban J connectivity index is 0.00000110. The van der Waals surface area contributed by atoms with Crippen molar-refractivity contribution in [3.8, 4) is 22.6 Å². The first-order valence-corrected chi connectivity index (χ1v) is 24.4. The first kappa shape index (κ1) is 48.3. The van der Waals surface area contributed by atoms with E-state index < -0.39 is 0 Å². The standard InChI is InChI=1S/C59H48N2O.3C2H6/c1-41(16-15-39-60-55-23-11-13-25-57(55)62-58-26-14-12-24-56(58)60)47-36-31-43(40-51(47)59(2,3)4)28-27-42-29-32-44(33-30-42)48-37-38-54(50-20-8-7-19-49(48)50)61-52-21-9-5-17-45(52)34-35-46-18-6-10-22-53(46)61;3*1-2/h5-38,40H,1,39H2,2-4H3;3*1-2H3/b16-15-,28-27+;;;. The van der Waals surface area contributed by atoms with Gasteiger partial charge in [-0.2, -0.15) is 0 Å². The van der Waals surface area contributed by atoms with Crippen molar-refractivity contribution in [3.63, 3.8) is 0 Å². The second kappa shape index (κ2) is 22.2. The van der Waals surface area contributed by atoms with Gasteiger partial charge in [-0.1, -0.05) is 239 Å². The van der Waals surface area contributed by atoms with Gasteiger partial charge in [0.15, 0.2) is 11.5 Å². The van der Waals surface area contributed by atoms with Crippen LogP contribution in [0.1, 0.15) is 95.7 Å². The van der Waals surface area contributed by atoms with Gasteiger partial charge < -0.3 is 14.5 Å². The molecular formula is C65H66N2O. The van der Waals surface area contributed by atoms with E-state index in [1.54, 1.807) is 0 Å². The summed E-state index contributed by atoms with van der Waals surface area (Å²) in [6.07, 6.45) is 13.2. The lowest BCUT2D eigenvalue weighted by molar-refractivity contribution is 0.474. The minimum Gasteiger partial charge on any atom is -0.453 e. The molecule has 10 rings (SSSR count). The third kappa shape index (κ3) is 10.2. The van der Waals surface area contributed by atoms with Crippen LogP contribution in [0, 0.1) is 0 Å². The van der Waals surface area contributed by atoms with Gasteiger partial charge in [0.25, 0.3) is 0 Å². The van der Waals surface area contributed by atoms with E-state index in [-0.39, 0.29) is 5.41 Å². The normalized spacial score (nSPS) is 12.2.